The van der Waals surface area contributed by atoms with Gasteiger partial charge in [0.15, 0.2) is 0 Å². The van der Waals surface area contributed by atoms with Crippen molar-refractivity contribution in [1.29, 1.82) is 0 Å². The van der Waals surface area contributed by atoms with Gasteiger partial charge in [-0.3, -0.25) is 4.79 Å². The molecule has 0 aromatic heterocycles. The number of rotatable bonds is 4. The van der Waals surface area contributed by atoms with E-state index in [1.54, 1.807) is 0 Å². The van der Waals surface area contributed by atoms with Crippen LogP contribution in [-0.2, 0) is 11.3 Å². The van der Waals surface area contributed by atoms with Gasteiger partial charge in [0.05, 0.1) is 0 Å². The molecule has 1 atom stereocenters. The van der Waals surface area contributed by atoms with Crippen LogP contribution in [-0.4, -0.2) is 24.5 Å². The van der Waals surface area contributed by atoms with Gasteiger partial charge in [-0.2, -0.15) is 0 Å². The normalized spacial score (nSPS) is 16.5. The van der Waals surface area contributed by atoms with Gasteiger partial charge in [-0.05, 0) is 35.2 Å². The first-order chi connectivity index (χ1) is 11.6. The van der Waals surface area contributed by atoms with E-state index in [1.807, 2.05) is 48.5 Å². The number of benzene rings is 2. The van der Waals surface area contributed by atoms with Crippen LogP contribution in [0, 0.1) is 0 Å². The molecule has 0 radical (unpaired) electrons. The van der Waals surface area contributed by atoms with Crippen LogP contribution in [0.3, 0.4) is 0 Å². The van der Waals surface area contributed by atoms with Crippen LogP contribution in [0.15, 0.2) is 48.5 Å². The largest absolute Gasteiger partial charge is 0.354 e. The third-order valence-electron chi connectivity index (χ3n) is 3.97. The minimum Gasteiger partial charge on any atom is -0.354 e. The van der Waals surface area contributed by atoms with E-state index in [1.165, 1.54) is 0 Å². The van der Waals surface area contributed by atoms with Crippen LogP contribution in [0.4, 0.5) is 4.79 Å². The molecule has 0 aliphatic carbocycles. The fourth-order valence-corrected chi connectivity index (χ4v) is 2.83. The van der Waals surface area contributed by atoms with Gasteiger partial charge in [-0.1, -0.05) is 48.0 Å². The number of nitrogens with one attached hydrogen (secondary N) is 3. The summed E-state index contributed by atoms with van der Waals surface area (Å²) < 4.78 is 0. The number of amides is 3. The molecule has 2 aromatic rings. The molecular formula is C18H18ClN3O2. The number of urea groups is 1. The van der Waals surface area contributed by atoms with E-state index in [2.05, 4.69) is 16.0 Å². The fourth-order valence-electron chi connectivity index (χ4n) is 2.70. The summed E-state index contributed by atoms with van der Waals surface area (Å²) in [6, 6.07) is 14.6. The highest BCUT2D eigenvalue weighted by Crippen LogP contribution is 2.25. The Bertz CT molecular complexity index is 746. The van der Waals surface area contributed by atoms with Crippen LogP contribution < -0.4 is 16.0 Å². The van der Waals surface area contributed by atoms with Crippen molar-refractivity contribution in [1.82, 2.24) is 16.0 Å². The number of carbonyl (C=O) groups excluding carboxylic acids is 2. The Labute approximate surface area is 145 Å². The summed E-state index contributed by atoms with van der Waals surface area (Å²) in [6.45, 7) is 0.974. The summed E-state index contributed by atoms with van der Waals surface area (Å²) in [5, 5.41) is 8.87. The Kier molecular flexibility index (Phi) is 5.01. The average molecular weight is 344 g/mol. The summed E-state index contributed by atoms with van der Waals surface area (Å²) in [5.41, 5.74) is 3.06. The monoisotopic (exact) mass is 343 g/mol. The van der Waals surface area contributed by atoms with Crippen molar-refractivity contribution < 1.29 is 9.59 Å². The second-order valence-corrected chi connectivity index (χ2v) is 6.06. The molecule has 0 bridgehead atoms. The molecule has 0 spiro atoms. The molecule has 3 N–H and O–H groups in total. The predicted octanol–water partition coefficient (Wildman–Crippen LogP) is 2.69. The van der Waals surface area contributed by atoms with Crippen molar-refractivity contribution in [2.45, 2.75) is 19.0 Å². The Hall–Kier alpha value is -2.53. The predicted molar refractivity (Wildman–Crippen MR) is 93.7 cm³/mol. The molecule has 0 unspecified atom stereocenters. The first-order valence-corrected chi connectivity index (χ1v) is 8.17. The van der Waals surface area contributed by atoms with E-state index in [-0.39, 0.29) is 11.9 Å². The van der Waals surface area contributed by atoms with Crippen molar-refractivity contribution in [2.24, 2.45) is 0 Å². The summed E-state index contributed by atoms with van der Waals surface area (Å²) in [5.74, 6) is -0.133. The second kappa shape index (κ2) is 7.36. The topological polar surface area (TPSA) is 70.2 Å². The molecule has 2 aromatic carbocycles. The average Bonchev–Trinajstić information content (AvgIpc) is 2.99. The molecule has 1 fully saturated rings. The van der Waals surface area contributed by atoms with E-state index < -0.39 is 6.04 Å². The fraction of sp³-hybridized carbons (Fsp3) is 0.222. The molecule has 124 valence electrons. The van der Waals surface area contributed by atoms with Crippen molar-refractivity contribution in [3.05, 3.63) is 59.1 Å². The van der Waals surface area contributed by atoms with Crippen molar-refractivity contribution in [2.75, 3.05) is 6.54 Å². The number of halogens is 1. The quantitative estimate of drug-likeness (QED) is 0.798. The van der Waals surface area contributed by atoms with Gasteiger partial charge >= 0.3 is 6.03 Å². The first-order valence-electron chi connectivity index (χ1n) is 7.79. The number of carbonyl (C=O) groups is 2. The Morgan fingerprint density at radius 3 is 2.62 bits per heavy atom. The minimum atomic E-state index is -0.448. The van der Waals surface area contributed by atoms with Gasteiger partial charge < -0.3 is 16.0 Å². The van der Waals surface area contributed by atoms with Crippen LogP contribution in [0.25, 0.3) is 11.1 Å². The maximum atomic E-state index is 12.0. The highest BCUT2D eigenvalue weighted by atomic mass is 35.5. The van der Waals surface area contributed by atoms with Crippen LogP contribution >= 0.6 is 11.6 Å². The SMILES string of the molecule is O=C(NCc1ccccc1-c1ccc(Cl)cc1)N[C@H]1CCNC1=O. The molecule has 3 rings (SSSR count). The number of hydrogen-bond donors (Lipinski definition) is 3. The molecule has 0 saturated carbocycles. The molecule has 1 saturated heterocycles. The van der Waals surface area contributed by atoms with Gasteiger partial charge in [0.25, 0.3) is 0 Å². The summed E-state index contributed by atoms with van der Waals surface area (Å²) in [6.07, 6.45) is 0.619. The standard InChI is InChI=1S/C18H18ClN3O2/c19-14-7-5-12(6-8-14)15-4-2-1-3-13(15)11-21-18(24)22-16-9-10-20-17(16)23/h1-8,16H,9-11H2,(H,20,23)(H2,21,22,24)/t16-/m0/s1. The second-order valence-electron chi connectivity index (χ2n) is 5.62. The van der Waals surface area contributed by atoms with E-state index in [0.29, 0.717) is 24.5 Å². The highest BCUT2D eigenvalue weighted by Gasteiger charge is 2.25. The third kappa shape index (κ3) is 3.86. The zero-order valence-corrected chi connectivity index (χ0v) is 13.8. The summed E-state index contributed by atoms with van der Waals surface area (Å²) >= 11 is 5.94. The molecule has 1 heterocycles. The Balaban J connectivity index is 1.66. The molecule has 5 nitrogen and oxygen atoms in total. The molecule has 24 heavy (non-hydrogen) atoms. The maximum absolute atomic E-state index is 12.0. The molecule has 1 aliphatic heterocycles. The zero-order chi connectivity index (χ0) is 16.9. The van der Waals surface area contributed by atoms with Gasteiger partial charge in [0.1, 0.15) is 6.04 Å². The van der Waals surface area contributed by atoms with Crippen LogP contribution in [0.5, 0.6) is 0 Å². The zero-order valence-electron chi connectivity index (χ0n) is 13.0. The lowest BCUT2D eigenvalue weighted by atomic mass is 10.00. The lowest BCUT2D eigenvalue weighted by molar-refractivity contribution is -0.120. The smallest absolute Gasteiger partial charge is 0.315 e. The van der Waals surface area contributed by atoms with Crippen LogP contribution in [0.2, 0.25) is 5.02 Å². The van der Waals surface area contributed by atoms with Crippen molar-refractivity contribution in [3.63, 3.8) is 0 Å². The van der Waals surface area contributed by atoms with Crippen LogP contribution in [0.1, 0.15) is 12.0 Å². The lowest BCUT2D eigenvalue weighted by Crippen LogP contribution is -2.45. The van der Waals surface area contributed by atoms with E-state index in [0.717, 1.165) is 16.7 Å². The van der Waals surface area contributed by atoms with Gasteiger partial charge in [-0.15, -0.1) is 0 Å². The Morgan fingerprint density at radius 2 is 1.92 bits per heavy atom. The van der Waals surface area contributed by atoms with Crippen molar-refractivity contribution in [3.8, 4) is 11.1 Å². The third-order valence-corrected chi connectivity index (χ3v) is 4.22. The van der Waals surface area contributed by atoms with Gasteiger partial charge in [0.2, 0.25) is 5.91 Å². The maximum Gasteiger partial charge on any atom is 0.315 e. The van der Waals surface area contributed by atoms with E-state index in [4.69, 9.17) is 11.6 Å². The first kappa shape index (κ1) is 16.3. The lowest BCUT2D eigenvalue weighted by Gasteiger charge is -2.13. The molecule has 1 aliphatic rings. The Morgan fingerprint density at radius 1 is 1.17 bits per heavy atom. The molecule has 3 amide bonds. The molecular weight excluding hydrogens is 326 g/mol. The highest BCUT2D eigenvalue weighted by molar-refractivity contribution is 6.30. The van der Waals surface area contributed by atoms with Crippen molar-refractivity contribution >= 4 is 23.5 Å². The number of hydrogen-bond acceptors (Lipinski definition) is 2. The summed E-state index contributed by atoms with van der Waals surface area (Å²) in [7, 11) is 0. The molecule has 6 heteroatoms. The summed E-state index contributed by atoms with van der Waals surface area (Å²) in [4.78, 5) is 23.5. The van der Waals surface area contributed by atoms with E-state index >= 15 is 0 Å². The van der Waals surface area contributed by atoms with E-state index in [9.17, 15) is 9.59 Å². The van der Waals surface area contributed by atoms with Gasteiger partial charge in [-0.25, -0.2) is 4.79 Å². The van der Waals surface area contributed by atoms with Gasteiger partial charge in [0, 0.05) is 18.1 Å². The minimum absolute atomic E-state index is 0.133.